The number of esters is 1. The first-order valence-corrected chi connectivity index (χ1v) is 12.8. The van der Waals surface area contributed by atoms with Crippen LogP contribution in [0.2, 0.25) is 0 Å². The largest absolute Gasteiger partial charge is 0.469 e. The number of methoxy groups -OCH3 is 1. The quantitative estimate of drug-likeness (QED) is 0.316. The van der Waals surface area contributed by atoms with Crippen molar-refractivity contribution in [1.82, 2.24) is 9.97 Å². The number of anilines is 4. The summed E-state index contributed by atoms with van der Waals surface area (Å²) in [5.74, 6) is -0.386. The fourth-order valence-corrected chi connectivity index (χ4v) is 4.61. The number of hydrogen-bond acceptors (Lipinski definition) is 8. The van der Waals surface area contributed by atoms with Crippen LogP contribution in [0.5, 0.6) is 0 Å². The molecule has 1 aromatic heterocycles. The predicted octanol–water partition coefficient (Wildman–Crippen LogP) is 4.09. The van der Waals surface area contributed by atoms with Gasteiger partial charge in [0.25, 0.3) is 10.0 Å². The zero-order valence-corrected chi connectivity index (χ0v) is 21.0. The van der Waals surface area contributed by atoms with Gasteiger partial charge in [0.2, 0.25) is 5.91 Å². The Balaban J connectivity index is 1.63. The molecular formula is C26H25N5O5S. The number of nitrogens with zero attached hydrogens (tertiary/aromatic N) is 3. The smallest absolute Gasteiger partial charge is 0.307 e. The van der Waals surface area contributed by atoms with Gasteiger partial charge < -0.3 is 15.0 Å². The molecule has 0 saturated heterocycles. The van der Waals surface area contributed by atoms with Crippen LogP contribution in [0.1, 0.15) is 13.3 Å². The fourth-order valence-electron chi connectivity index (χ4n) is 3.58. The molecule has 2 N–H and O–H groups in total. The van der Waals surface area contributed by atoms with Gasteiger partial charge in [-0.25, -0.2) is 18.4 Å². The van der Waals surface area contributed by atoms with Gasteiger partial charge in [-0.1, -0.05) is 30.3 Å². The molecule has 0 unspecified atom stereocenters. The van der Waals surface area contributed by atoms with Crippen LogP contribution in [0.3, 0.4) is 0 Å². The van der Waals surface area contributed by atoms with Crippen LogP contribution in [0, 0.1) is 0 Å². The van der Waals surface area contributed by atoms with Crippen molar-refractivity contribution in [2.75, 3.05) is 28.6 Å². The summed E-state index contributed by atoms with van der Waals surface area (Å²) in [5, 5.41) is 3.12. The molecule has 10 nitrogen and oxygen atoms in total. The molecule has 0 aliphatic heterocycles. The number of aromatic nitrogens is 2. The van der Waals surface area contributed by atoms with Crippen molar-refractivity contribution in [2.45, 2.75) is 18.2 Å². The van der Waals surface area contributed by atoms with Crippen LogP contribution in [-0.4, -0.2) is 43.9 Å². The standard InChI is InChI=1S/C26H25N5O5S/c1-18(32)31(17-16-24(33)36-2)20-14-12-19(13-15-20)27-25-26(29-23-11-7-6-10-22(23)28-25)30-37(34,35)21-8-4-3-5-9-21/h3-15H,16-17H2,1-2H3,(H,27,28)(H,29,30). The number of ether oxygens (including phenoxy) is 1. The Morgan fingerprint density at radius 2 is 1.46 bits per heavy atom. The molecule has 0 aliphatic rings. The van der Waals surface area contributed by atoms with Crippen LogP contribution >= 0.6 is 0 Å². The zero-order valence-electron chi connectivity index (χ0n) is 20.2. The first-order valence-electron chi connectivity index (χ1n) is 11.3. The van der Waals surface area contributed by atoms with Crippen molar-refractivity contribution in [1.29, 1.82) is 0 Å². The molecule has 0 radical (unpaired) electrons. The maximum absolute atomic E-state index is 13.0. The Bertz CT molecular complexity index is 1530. The molecule has 0 spiro atoms. The molecule has 1 heterocycles. The number of fused-ring (bicyclic) bond motifs is 1. The van der Waals surface area contributed by atoms with E-state index in [0.29, 0.717) is 22.4 Å². The van der Waals surface area contributed by atoms with Crippen LogP contribution in [0.4, 0.5) is 23.0 Å². The Labute approximate surface area is 214 Å². The zero-order chi connectivity index (χ0) is 26.4. The molecule has 3 aromatic carbocycles. The Morgan fingerprint density at radius 3 is 2.05 bits per heavy atom. The normalized spacial score (nSPS) is 11.1. The van der Waals surface area contributed by atoms with E-state index in [2.05, 4.69) is 24.7 Å². The summed E-state index contributed by atoms with van der Waals surface area (Å²) in [6.07, 6.45) is 0.0632. The van der Waals surface area contributed by atoms with Crippen LogP contribution in [0.25, 0.3) is 11.0 Å². The van der Waals surface area contributed by atoms with Gasteiger partial charge in [-0.15, -0.1) is 0 Å². The number of hydrogen-bond donors (Lipinski definition) is 2. The second-order valence-electron chi connectivity index (χ2n) is 8.00. The molecule has 1 amide bonds. The van der Waals surface area contributed by atoms with Crippen LogP contribution < -0.4 is 14.9 Å². The van der Waals surface area contributed by atoms with E-state index in [9.17, 15) is 18.0 Å². The molecule has 4 rings (SSSR count). The number of para-hydroxylation sites is 2. The third-order valence-corrected chi connectivity index (χ3v) is 6.80. The van der Waals surface area contributed by atoms with E-state index in [0.717, 1.165) is 0 Å². The number of benzene rings is 3. The van der Waals surface area contributed by atoms with Gasteiger partial charge >= 0.3 is 5.97 Å². The van der Waals surface area contributed by atoms with Crippen molar-refractivity contribution in [3.63, 3.8) is 0 Å². The van der Waals surface area contributed by atoms with Gasteiger partial charge in [0.15, 0.2) is 11.6 Å². The lowest BCUT2D eigenvalue weighted by atomic mass is 10.2. The van der Waals surface area contributed by atoms with Crippen molar-refractivity contribution in [3.05, 3.63) is 78.9 Å². The Kier molecular flexibility index (Phi) is 7.63. The number of carbonyl (C=O) groups is 2. The minimum Gasteiger partial charge on any atom is -0.469 e. The van der Waals surface area contributed by atoms with E-state index in [1.807, 2.05) is 6.07 Å². The topological polar surface area (TPSA) is 131 Å². The number of carbonyl (C=O) groups excluding carboxylic acids is 2. The monoisotopic (exact) mass is 519 g/mol. The summed E-state index contributed by atoms with van der Waals surface area (Å²) in [5.41, 5.74) is 2.29. The average molecular weight is 520 g/mol. The van der Waals surface area contributed by atoms with E-state index in [1.165, 1.54) is 31.1 Å². The van der Waals surface area contributed by atoms with Crippen molar-refractivity contribution >= 4 is 55.9 Å². The predicted molar refractivity (Wildman–Crippen MR) is 141 cm³/mol. The lowest BCUT2D eigenvalue weighted by Gasteiger charge is -2.21. The first kappa shape index (κ1) is 25.6. The molecule has 11 heteroatoms. The lowest BCUT2D eigenvalue weighted by molar-refractivity contribution is -0.140. The lowest BCUT2D eigenvalue weighted by Crippen LogP contribution is -2.31. The second-order valence-corrected chi connectivity index (χ2v) is 9.68. The van der Waals surface area contributed by atoms with E-state index >= 15 is 0 Å². The van der Waals surface area contributed by atoms with E-state index < -0.39 is 16.0 Å². The SMILES string of the molecule is COC(=O)CCN(C(C)=O)c1ccc(Nc2nc3ccccc3nc2NS(=O)(=O)c2ccccc2)cc1. The minimum atomic E-state index is -3.91. The maximum Gasteiger partial charge on any atom is 0.307 e. The number of amides is 1. The molecule has 37 heavy (non-hydrogen) atoms. The summed E-state index contributed by atoms with van der Waals surface area (Å²) in [4.78, 5) is 34.3. The van der Waals surface area contributed by atoms with Gasteiger partial charge in [-0.3, -0.25) is 14.3 Å². The van der Waals surface area contributed by atoms with Gasteiger partial charge in [0.05, 0.1) is 29.5 Å². The average Bonchev–Trinajstić information content (AvgIpc) is 2.90. The van der Waals surface area contributed by atoms with Crippen molar-refractivity contribution in [2.24, 2.45) is 0 Å². The summed E-state index contributed by atoms with van der Waals surface area (Å²) >= 11 is 0. The molecule has 4 aromatic rings. The molecule has 0 atom stereocenters. The highest BCUT2D eigenvalue weighted by atomic mass is 32.2. The highest BCUT2D eigenvalue weighted by Gasteiger charge is 2.19. The van der Waals surface area contributed by atoms with Gasteiger partial charge in [0, 0.05) is 24.8 Å². The summed E-state index contributed by atoms with van der Waals surface area (Å²) in [7, 11) is -2.62. The van der Waals surface area contributed by atoms with E-state index in [-0.39, 0.29) is 35.4 Å². The summed E-state index contributed by atoms with van der Waals surface area (Å²) < 4.78 is 33.1. The van der Waals surface area contributed by atoms with E-state index in [1.54, 1.807) is 60.7 Å². The molecular weight excluding hydrogens is 494 g/mol. The molecule has 0 aliphatic carbocycles. The van der Waals surface area contributed by atoms with Crippen molar-refractivity contribution < 1.29 is 22.7 Å². The highest BCUT2D eigenvalue weighted by molar-refractivity contribution is 7.92. The number of sulfonamides is 1. The van der Waals surface area contributed by atoms with Crippen molar-refractivity contribution in [3.8, 4) is 0 Å². The molecule has 0 fully saturated rings. The number of nitrogens with one attached hydrogen (secondary N) is 2. The third kappa shape index (κ3) is 6.19. The van der Waals surface area contributed by atoms with E-state index in [4.69, 9.17) is 0 Å². The van der Waals surface area contributed by atoms with Crippen LogP contribution in [-0.2, 0) is 24.3 Å². The molecule has 0 saturated carbocycles. The Hall–Kier alpha value is -4.51. The fraction of sp³-hybridized carbons (Fsp3) is 0.154. The molecule has 190 valence electrons. The van der Waals surface area contributed by atoms with Gasteiger partial charge in [0.1, 0.15) is 0 Å². The first-order chi connectivity index (χ1) is 17.8. The van der Waals surface area contributed by atoms with Crippen LogP contribution in [0.15, 0.2) is 83.8 Å². The number of rotatable bonds is 9. The second kappa shape index (κ2) is 11.0. The minimum absolute atomic E-state index is 0.0371. The summed E-state index contributed by atoms with van der Waals surface area (Å²) in [6, 6.07) is 22.0. The van der Waals surface area contributed by atoms with Gasteiger partial charge in [-0.05, 0) is 48.5 Å². The van der Waals surface area contributed by atoms with Gasteiger partial charge in [-0.2, -0.15) is 0 Å². The highest BCUT2D eigenvalue weighted by Crippen LogP contribution is 2.28. The Morgan fingerprint density at radius 1 is 0.865 bits per heavy atom. The summed E-state index contributed by atoms with van der Waals surface area (Å²) in [6.45, 7) is 1.59. The maximum atomic E-state index is 13.0. The molecule has 0 bridgehead atoms. The third-order valence-electron chi connectivity index (χ3n) is 5.44.